The summed E-state index contributed by atoms with van der Waals surface area (Å²) in [6.45, 7) is 1.70. The molecule has 1 aromatic heterocycles. The smallest absolute Gasteiger partial charge is 0.372 e. The van der Waals surface area contributed by atoms with Gasteiger partial charge in [-0.3, -0.25) is 0 Å². The number of hydrogen-bond donors (Lipinski definition) is 1. The van der Waals surface area contributed by atoms with Crippen LogP contribution in [0.4, 0.5) is 4.39 Å². The molecule has 0 saturated heterocycles. The maximum absolute atomic E-state index is 12.7. The van der Waals surface area contributed by atoms with Crippen LogP contribution in [0.15, 0.2) is 34.7 Å². The number of benzene rings is 1. The second-order valence-corrected chi connectivity index (χ2v) is 3.82. The third-order valence-electron chi connectivity index (χ3n) is 2.43. The van der Waals surface area contributed by atoms with E-state index in [1.807, 2.05) is 0 Å². The normalized spacial score (nSPS) is 10.5. The standard InChI is InChI=1S/C13H11FO3/c1-8-6-10(12(17-8)13(15)16)7-9-2-4-11(14)5-3-9/h2-6H,7H2,1H3,(H,15,16). The number of aromatic carboxylic acids is 1. The number of furan rings is 1. The first-order valence-corrected chi connectivity index (χ1v) is 5.13. The Morgan fingerprint density at radius 1 is 1.35 bits per heavy atom. The van der Waals surface area contributed by atoms with Crippen LogP contribution in [0.2, 0.25) is 0 Å². The highest BCUT2D eigenvalue weighted by Crippen LogP contribution is 2.19. The van der Waals surface area contributed by atoms with Gasteiger partial charge in [-0.2, -0.15) is 0 Å². The number of carboxylic acid groups (broad SMARTS) is 1. The number of rotatable bonds is 3. The first kappa shape index (κ1) is 11.4. The van der Waals surface area contributed by atoms with Gasteiger partial charge < -0.3 is 9.52 Å². The van der Waals surface area contributed by atoms with Crippen LogP contribution in [-0.4, -0.2) is 11.1 Å². The van der Waals surface area contributed by atoms with E-state index in [2.05, 4.69) is 0 Å². The Morgan fingerprint density at radius 2 is 2.00 bits per heavy atom. The van der Waals surface area contributed by atoms with E-state index >= 15 is 0 Å². The Kier molecular flexibility index (Phi) is 2.95. The molecular weight excluding hydrogens is 223 g/mol. The highest BCUT2D eigenvalue weighted by atomic mass is 19.1. The van der Waals surface area contributed by atoms with Gasteiger partial charge in [-0.15, -0.1) is 0 Å². The van der Waals surface area contributed by atoms with Crippen LogP contribution in [0.1, 0.15) is 27.4 Å². The zero-order valence-electron chi connectivity index (χ0n) is 9.24. The lowest BCUT2D eigenvalue weighted by Gasteiger charge is -1.99. The lowest BCUT2D eigenvalue weighted by Crippen LogP contribution is -1.99. The molecule has 4 heteroatoms. The first-order chi connectivity index (χ1) is 8.06. The Balaban J connectivity index is 2.29. The number of carboxylic acids is 1. The third-order valence-corrected chi connectivity index (χ3v) is 2.43. The Hall–Kier alpha value is -2.10. The summed E-state index contributed by atoms with van der Waals surface area (Å²) in [6.07, 6.45) is 0.416. The molecule has 3 nitrogen and oxygen atoms in total. The molecular formula is C13H11FO3. The second-order valence-electron chi connectivity index (χ2n) is 3.82. The van der Waals surface area contributed by atoms with Gasteiger partial charge in [-0.25, -0.2) is 9.18 Å². The van der Waals surface area contributed by atoms with Crippen molar-refractivity contribution in [3.8, 4) is 0 Å². The average molecular weight is 234 g/mol. The van der Waals surface area contributed by atoms with Gasteiger partial charge in [0.15, 0.2) is 0 Å². The van der Waals surface area contributed by atoms with Crippen LogP contribution in [0, 0.1) is 12.7 Å². The second kappa shape index (κ2) is 4.41. The van der Waals surface area contributed by atoms with Gasteiger partial charge >= 0.3 is 5.97 Å². The minimum Gasteiger partial charge on any atom is -0.475 e. The summed E-state index contributed by atoms with van der Waals surface area (Å²) in [5, 5.41) is 8.95. The van der Waals surface area contributed by atoms with Crippen molar-refractivity contribution in [3.63, 3.8) is 0 Å². The van der Waals surface area contributed by atoms with E-state index in [0.717, 1.165) is 5.56 Å². The summed E-state index contributed by atoms with van der Waals surface area (Å²) < 4.78 is 17.8. The lowest BCUT2D eigenvalue weighted by molar-refractivity contribution is 0.0659. The number of carbonyl (C=O) groups is 1. The van der Waals surface area contributed by atoms with E-state index in [4.69, 9.17) is 9.52 Å². The first-order valence-electron chi connectivity index (χ1n) is 5.13. The van der Waals surface area contributed by atoms with E-state index < -0.39 is 5.97 Å². The molecule has 1 aromatic carbocycles. The summed E-state index contributed by atoms with van der Waals surface area (Å²) in [5.41, 5.74) is 1.44. The molecule has 0 radical (unpaired) electrons. The van der Waals surface area contributed by atoms with Crippen LogP contribution in [0.3, 0.4) is 0 Å². The number of aryl methyl sites for hydroxylation is 1. The Bertz CT molecular complexity index is 540. The molecule has 88 valence electrons. The predicted molar refractivity (Wildman–Crippen MR) is 59.6 cm³/mol. The molecule has 17 heavy (non-hydrogen) atoms. The largest absolute Gasteiger partial charge is 0.475 e. The van der Waals surface area contributed by atoms with Crippen LogP contribution < -0.4 is 0 Å². The molecule has 2 rings (SSSR count). The van der Waals surface area contributed by atoms with Crippen molar-refractivity contribution >= 4 is 5.97 Å². The predicted octanol–water partition coefficient (Wildman–Crippen LogP) is 3.02. The zero-order chi connectivity index (χ0) is 12.4. The zero-order valence-corrected chi connectivity index (χ0v) is 9.24. The van der Waals surface area contributed by atoms with Crippen LogP contribution in [0.5, 0.6) is 0 Å². The molecule has 0 unspecified atom stereocenters. The van der Waals surface area contributed by atoms with E-state index in [-0.39, 0.29) is 11.6 Å². The van der Waals surface area contributed by atoms with E-state index in [1.54, 1.807) is 25.1 Å². The van der Waals surface area contributed by atoms with Gasteiger partial charge in [0.2, 0.25) is 5.76 Å². The molecule has 0 bridgehead atoms. The minimum absolute atomic E-state index is 0.0492. The van der Waals surface area contributed by atoms with Crippen molar-refractivity contribution in [2.24, 2.45) is 0 Å². The molecule has 0 aliphatic rings. The maximum Gasteiger partial charge on any atom is 0.372 e. The molecule has 0 aliphatic carbocycles. The Morgan fingerprint density at radius 3 is 2.59 bits per heavy atom. The highest BCUT2D eigenvalue weighted by Gasteiger charge is 2.16. The lowest BCUT2D eigenvalue weighted by atomic mass is 10.1. The fourth-order valence-corrected chi connectivity index (χ4v) is 1.70. The molecule has 2 aromatic rings. The molecule has 1 N–H and O–H groups in total. The fourth-order valence-electron chi connectivity index (χ4n) is 1.70. The highest BCUT2D eigenvalue weighted by molar-refractivity contribution is 5.86. The average Bonchev–Trinajstić information content (AvgIpc) is 2.63. The van der Waals surface area contributed by atoms with E-state index in [1.165, 1.54) is 12.1 Å². The van der Waals surface area contributed by atoms with Gasteiger partial charge in [0.05, 0.1) is 0 Å². The van der Waals surface area contributed by atoms with E-state index in [0.29, 0.717) is 17.7 Å². The summed E-state index contributed by atoms with van der Waals surface area (Å²) in [7, 11) is 0. The topological polar surface area (TPSA) is 50.4 Å². The Labute approximate surface area is 97.5 Å². The van der Waals surface area contributed by atoms with Gasteiger partial charge in [0, 0.05) is 12.0 Å². The molecule has 0 amide bonds. The monoisotopic (exact) mass is 234 g/mol. The van der Waals surface area contributed by atoms with Crippen molar-refractivity contribution < 1.29 is 18.7 Å². The number of hydrogen-bond acceptors (Lipinski definition) is 2. The maximum atomic E-state index is 12.7. The van der Waals surface area contributed by atoms with Crippen molar-refractivity contribution in [1.29, 1.82) is 0 Å². The van der Waals surface area contributed by atoms with Gasteiger partial charge in [-0.05, 0) is 30.7 Å². The minimum atomic E-state index is -1.09. The van der Waals surface area contributed by atoms with Crippen molar-refractivity contribution in [2.75, 3.05) is 0 Å². The van der Waals surface area contributed by atoms with E-state index in [9.17, 15) is 9.18 Å². The molecule has 0 aliphatic heterocycles. The van der Waals surface area contributed by atoms with Crippen LogP contribution in [0.25, 0.3) is 0 Å². The van der Waals surface area contributed by atoms with Gasteiger partial charge in [-0.1, -0.05) is 12.1 Å². The van der Waals surface area contributed by atoms with Crippen molar-refractivity contribution in [2.45, 2.75) is 13.3 Å². The molecule has 0 spiro atoms. The number of halogens is 1. The van der Waals surface area contributed by atoms with Crippen molar-refractivity contribution in [1.82, 2.24) is 0 Å². The summed E-state index contributed by atoms with van der Waals surface area (Å²) in [4.78, 5) is 10.9. The molecule has 0 fully saturated rings. The summed E-state index contributed by atoms with van der Waals surface area (Å²) >= 11 is 0. The summed E-state index contributed by atoms with van der Waals surface area (Å²) in [6, 6.07) is 7.64. The van der Waals surface area contributed by atoms with Crippen LogP contribution in [-0.2, 0) is 6.42 Å². The van der Waals surface area contributed by atoms with Crippen LogP contribution >= 0.6 is 0 Å². The molecule has 0 saturated carbocycles. The molecule has 1 heterocycles. The van der Waals surface area contributed by atoms with Crippen molar-refractivity contribution in [3.05, 3.63) is 58.8 Å². The van der Waals surface area contributed by atoms with Gasteiger partial charge in [0.1, 0.15) is 11.6 Å². The summed E-state index contributed by atoms with van der Waals surface area (Å²) in [5.74, 6) is -0.892. The molecule has 0 atom stereocenters. The fraction of sp³-hybridized carbons (Fsp3) is 0.154. The quantitative estimate of drug-likeness (QED) is 0.888. The third kappa shape index (κ3) is 2.53. The van der Waals surface area contributed by atoms with Gasteiger partial charge in [0.25, 0.3) is 0 Å². The SMILES string of the molecule is Cc1cc(Cc2ccc(F)cc2)c(C(=O)O)o1.